The van der Waals surface area contributed by atoms with Crippen molar-refractivity contribution in [2.75, 3.05) is 40.0 Å². The third-order valence-electron chi connectivity index (χ3n) is 2.86. The van der Waals surface area contributed by atoms with Gasteiger partial charge in [0.15, 0.2) is 11.5 Å². The molecule has 1 aromatic rings. The minimum absolute atomic E-state index is 0. The summed E-state index contributed by atoms with van der Waals surface area (Å²) >= 11 is 0. The van der Waals surface area contributed by atoms with Crippen molar-refractivity contribution in [3.05, 3.63) is 23.8 Å². The van der Waals surface area contributed by atoms with E-state index in [0.717, 1.165) is 17.1 Å². The van der Waals surface area contributed by atoms with Crippen LogP contribution in [0, 0.1) is 0 Å². The smallest absolute Gasteiger partial charge is 0.234 e. The van der Waals surface area contributed by atoms with Crippen LogP contribution in [0.1, 0.15) is 5.56 Å². The summed E-state index contributed by atoms with van der Waals surface area (Å²) in [5, 5.41) is 5.83. The van der Waals surface area contributed by atoms with Gasteiger partial charge in [-0.3, -0.25) is 4.79 Å². The highest BCUT2D eigenvalue weighted by Crippen LogP contribution is 2.30. The number of hydrogen-bond donors (Lipinski definition) is 2. The zero-order chi connectivity index (χ0) is 14.2. The van der Waals surface area contributed by atoms with Gasteiger partial charge in [-0.2, -0.15) is 0 Å². The molecule has 1 amide bonds. The number of hydrogen-bond acceptors (Lipinski definition) is 5. The standard InChI is InChI=1S/C14H20N2O4.ClH/c1-18-5-4-15-10-14(17)16-9-11-2-3-12-13(8-11)20-7-6-19-12;/h2-3,8,15H,4-7,9-10H2,1H3,(H,16,17);1H. The van der Waals surface area contributed by atoms with Crippen LogP contribution in [-0.2, 0) is 16.1 Å². The summed E-state index contributed by atoms with van der Waals surface area (Å²) < 4.78 is 15.8. The molecular weight excluding hydrogens is 296 g/mol. The number of fused-ring (bicyclic) bond motifs is 1. The van der Waals surface area contributed by atoms with E-state index in [2.05, 4.69) is 10.6 Å². The number of carbonyl (C=O) groups is 1. The van der Waals surface area contributed by atoms with Crippen LogP contribution < -0.4 is 20.1 Å². The summed E-state index contributed by atoms with van der Waals surface area (Å²) in [7, 11) is 1.63. The summed E-state index contributed by atoms with van der Waals surface area (Å²) in [5.41, 5.74) is 0.986. The van der Waals surface area contributed by atoms with Gasteiger partial charge >= 0.3 is 0 Å². The molecule has 0 unspecified atom stereocenters. The quantitative estimate of drug-likeness (QED) is 0.726. The molecule has 6 nitrogen and oxygen atoms in total. The van der Waals surface area contributed by atoms with Gasteiger partial charge in [0, 0.05) is 20.2 Å². The molecule has 1 aliphatic heterocycles. The van der Waals surface area contributed by atoms with Crippen molar-refractivity contribution in [1.82, 2.24) is 10.6 Å². The van der Waals surface area contributed by atoms with Gasteiger partial charge in [-0.25, -0.2) is 0 Å². The van der Waals surface area contributed by atoms with Gasteiger partial charge in [-0.15, -0.1) is 12.4 Å². The summed E-state index contributed by atoms with van der Waals surface area (Å²) in [6.45, 7) is 3.15. The third kappa shape index (κ3) is 5.79. The lowest BCUT2D eigenvalue weighted by atomic mass is 10.2. The molecule has 1 aliphatic rings. The molecule has 0 aliphatic carbocycles. The van der Waals surface area contributed by atoms with E-state index in [1.165, 1.54) is 0 Å². The van der Waals surface area contributed by atoms with E-state index in [0.29, 0.717) is 32.9 Å². The van der Waals surface area contributed by atoms with Crippen LogP contribution in [0.5, 0.6) is 11.5 Å². The van der Waals surface area contributed by atoms with Crippen LogP contribution in [0.4, 0.5) is 0 Å². The van der Waals surface area contributed by atoms with E-state index < -0.39 is 0 Å². The number of ether oxygens (including phenoxy) is 3. The second kappa shape index (κ2) is 9.44. The molecule has 0 spiro atoms. The Kier molecular flexibility index (Phi) is 7.89. The molecule has 0 atom stereocenters. The molecule has 21 heavy (non-hydrogen) atoms. The lowest BCUT2D eigenvalue weighted by Gasteiger charge is -2.19. The summed E-state index contributed by atoms with van der Waals surface area (Å²) in [5.74, 6) is 1.45. The van der Waals surface area contributed by atoms with Crippen LogP contribution in [-0.4, -0.2) is 45.9 Å². The minimum atomic E-state index is -0.0454. The minimum Gasteiger partial charge on any atom is -0.486 e. The number of rotatable bonds is 7. The fraction of sp³-hybridized carbons (Fsp3) is 0.500. The largest absolute Gasteiger partial charge is 0.486 e. The lowest BCUT2D eigenvalue weighted by Crippen LogP contribution is -2.34. The van der Waals surface area contributed by atoms with Crippen molar-refractivity contribution >= 4 is 18.3 Å². The van der Waals surface area contributed by atoms with Gasteiger partial charge in [-0.1, -0.05) is 6.07 Å². The first-order valence-electron chi connectivity index (χ1n) is 6.64. The monoisotopic (exact) mass is 316 g/mol. The second-order valence-electron chi connectivity index (χ2n) is 4.42. The van der Waals surface area contributed by atoms with E-state index in [4.69, 9.17) is 14.2 Å². The Bertz CT molecular complexity index is 457. The van der Waals surface area contributed by atoms with Gasteiger partial charge in [0.2, 0.25) is 5.91 Å². The molecule has 0 aromatic heterocycles. The Balaban J connectivity index is 0.00000220. The molecule has 1 aromatic carbocycles. The highest BCUT2D eigenvalue weighted by atomic mass is 35.5. The van der Waals surface area contributed by atoms with Crippen LogP contribution in [0.3, 0.4) is 0 Å². The maximum Gasteiger partial charge on any atom is 0.234 e. The molecule has 118 valence electrons. The van der Waals surface area contributed by atoms with E-state index in [1.807, 2.05) is 18.2 Å². The predicted molar refractivity (Wildman–Crippen MR) is 81.3 cm³/mol. The Labute approximate surface area is 130 Å². The topological polar surface area (TPSA) is 68.8 Å². The fourth-order valence-electron chi connectivity index (χ4n) is 1.84. The molecule has 0 fully saturated rings. The summed E-state index contributed by atoms with van der Waals surface area (Å²) in [4.78, 5) is 11.6. The van der Waals surface area contributed by atoms with E-state index >= 15 is 0 Å². The summed E-state index contributed by atoms with van der Waals surface area (Å²) in [6.07, 6.45) is 0. The molecule has 1 heterocycles. The van der Waals surface area contributed by atoms with Gasteiger partial charge < -0.3 is 24.8 Å². The van der Waals surface area contributed by atoms with Gasteiger partial charge in [0.25, 0.3) is 0 Å². The van der Waals surface area contributed by atoms with Crippen molar-refractivity contribution in [3.63, 3.8) is 0 Å². The number of carbonyl (C=O) groups excluding carboxylic acids is 1. The third-order valence-corrected chi connectivity index (χ3v) is 2.86. The SMILES string of the molecule is COCCNCC(=O)NCc1ccc2c(c1)OCCO2.Cl. The van der Waals surface area contributed by atoms with E-state index in [9.17, 15) is 4.79 Å². The Morgan fingerprint density at radius 3 is 2.81 bits per heavy atom. The molecular formula is C14H21ClN2O4. The van der Waals surface area contributed by atoms with Crippen molar-refractivity contribution < 1.29 is 19.0 Å². The van der Waals surface area contributed by atoms with Crippen molar-refractivity contribution in [2.45, 2.75) is 6.54 Å². The van der Waals surface area contributed by atoms with Gasteiger partial charge in [-0.05, 0) is 17.7 Å². The van der Waals surface area contributed by atoms with Crippen LogP contribution >= 0.6 is 12.4 Å². The molecule has 7 heteroatoms. The number of nitrogens with one attached hydrogen (secondary N) is 2. The second-order valence-corrected chi connectivity index (χ2v) is 4.42. The summed E-state index contributed by atoms with van der Waals surface area (Å²) in [6, 6.07) is 5.69. The van der Waals surface area contributed by atoms with Crippen LogP contribution in [0.25, 0.3) is 0 Å². The first-order valence-corrected chi connectivity index (χ1v) is 6.64. The molecule has 2 N–H and O–H groups in total. The number of amides is 1. The highest BCUT2D eigenvalue weighted by Gasteiger charge is 2.11. The van der Waals surface area contributed by atoms with Crippen molar-refractivity contribution in [3.8, 4) is 11.5 Å². The van der Waals surface area contributed by atoms with E-state index in [1.54, 1.807) is 7.11 Å². The number of benzene rings is 1. The number of halogens is 1. The Morgan fingerprint density at radius 1 is 1.29 bits per heavy atom. The first-order chi connectivity index (χ1) is 9.79. The maximum absolute atomic E-state index is 11.6. The normalized spacial score (nSPS) is 12.4. The highest BCUT2D eigenvalue weighted by molar-refractivity contribution is 5.85. The predicted octanol–water partition coefficient (Wildman–Crippen LogP) is 0.732. The molecule has 2 rings (SSSR count). The Hall–Kier alpha value is -1.50. The maximum atomic E-state index is 11.6. The average molecular weight is 317 g/mol. The zero-order valence-corrected chi connectivity index (χ0v) is 12.8. The van der Waals surface area contributed by atoms with Crippen molar-refractivity contribution in [2.24, 2.45) is 0 Å². The lowest BCUT2D eigenvalue weighted by molar-refractivity contribution is -0.120. The zero-order valence-electron chi connectivity index (χ0n) is 12.0. The Morgan fingerprint density at radius 2 is 2.05 bits per heavy atom. The van der Waals surface area contributed by atoms with Crippen LogP contribution in [0.2, 0.25) is 0 Å². The molecule has 0 bridgehead atoms. The van der Waals surface area contributed by atoms with Crippen molar-refractivity contribution in [1.29, 1.82) is 0 Å². The number of methoxy groups -OCH3 is 1. The van der Waals surface area contributed by atoms with Gasteiger partial charge in [0.05, 0.1) is 13.2 Å². The average Bonchev–Trinajstić information content (AvgIpc) is 2.49. The first kappa shape index (κ1) is 17.6. The van der Waals surface area contributed by atoms with E-state index in [-0.39, 0.29) is 24.9 Å². The fourth-order valence-corrected chi connectivity index (χ4v) is 1.84. The molecule has 0 radical (unpaired) electrons. The molecule has 0 saturated heterocycles. The molecule has 0 saturated carbocycles. The van der Waals surface area contributed by atoms with Crippen LogP contribution in [0.15, 0.2) is 18.2 Å². The van der Waals surface area contributed by atoms with Gasteiger partial charge in [0.1, 0.15) is 13.2 Å².